The van der Waals surface area contributed by atoms with Gasteiger partial charge in [0.05, 0.1) is 18.0 Å². The fourth-order valence-electron chi connectivity index (χ4n) is 3.24. The van der Waals surface area contributed by atoms with Crippen LogP contribution in [0, 0.1) is 6.92 Å². The first-order valence-electron chi connectivity index (χ1n) is 9.33. The third-order valence-electron chi connectivity index (χ3n) is 4.50. The number of carbonyl (C=O) groups is 1. The number of pyridine rings is 1. The Labute approximate surface area is 172 Å². The first-order valence-corrected chi connectivity index (χ1v) is 10.1. The van der Waals surface area contributed by atoms with Gasteiger partial charge in [-0.25, -0.2) is 4.79 Å². The molecule has 5 nitrogen and oxygen atoms in total. The van der Waals surface area contributed by atoms with Gasteiger partial charge >= 0.3 is 5.97 Å². The maximum absolute atomic E-state index is 12.7. The van der Waals surface area contributed by atoms with Crippen molar-refractivity contribution >= 4 is 38.9 Å². The molecule has 29 heavy (non-hydrogen) atoms. The average molecular weight is 404 g/mol. The normalized spacial score (nSPS) is 10.8. The lowest BCUT2D eigenvalue weighted by molar-refractivity contribution is 0.0533. The minimum Gasteiger partial charge on any atom is -0.462 e. The van der Waals surface area contributed by atoms with Gasteiger partial charge in [-0.1, -0.05) is 30.3 Å². The molecule has 2 aromatic carbocycles. The number of para-hydroxylation sites is 1. The van der Waals surface area contributed by atoms with Crippen molar-refractivity contribution in [1.82, 2.24) is 4.57 Å². The van der Waals surface area contributed by atoms with Gasteiger partial charge in [0.1, 0.15) is 9.71 Å². The second-order valence-electron chi connectivity index (χ2n) is 6.58. The van der Waals surface area contributed by atoms with Crippen molar-refractivity contribution in [2.24, 2.45) is 0 Å². The number of anilines is 2. The molecule has 0 bridgehead atoms. The SMILES string of the molecule is CCOC(=O)c1sc2c(ccc(=O)n2-c2ccccc2)c1Nc1cccc(C)c1. The number of rotatable bonds is 5. The molecule has 0 aliphatic carbocycles. The fourth-order valence-corrected chi connectivity index (χ4v) is 4.40. The summed E-state index contributed by atoms with van der Waals surface area (Å²) in [5.41, 5.74) is 3.23. The highest BCUT2D eigenvalue weighted by atomic mass is 32.1. The molecule has 2 aromatic heterocycles. The van der Waals surface area contributed by atoms with E-state index in [0.29, 0.717) is 15.4 Å². The minimum absolute atomic E-state index is 0.150. The van der Waals surface area contributed by atoms with Gasteiger partial charge in [0.2, 0.25) is 0 Å². The molecule has 0 amide bonds. The highest BCUT2D eigenvalue weighted by Gasteiger charge is 2.22. The number of aromatic nitrogens is 1. The van der Waals surface area contributed by atoms with Crippen LogP contribution >= 0.6 is 11.3 Å². The number of nitrogens with one attached hydrogen (secondary N) is 1. The fraction of sp³-hybridized carbons (Fsp3) is 0.130. The molecule has 1 N–H and O–H groups in total. The summed E-state index contributed by atoms with van der Waals surface area (Å²) < 4.78 is 6.91. The predicted octanol–water partition coefficient (Wildman–Crippen LogP) is 5.28. The highest BCUT2D eigenvalue weighted by Crippen LogP contribution is 2.38. The predicted molar refractivity (Wildman–Crippen MR) is 118 cm³/mol. The second kappa shape index (κ2) is 7.93. The van der Waals surface area contributed by atoms with Gasteiger partial charge in [-0.2, -0.15) is 0 Å². The van der Waals surface area contributed by atoms with Gasteiger partial charge in [-0.05, 0) is 49.7 Å². The Bertz CT molecular complexity index is 1240. The molecule has 0 saturated heterocycles. The van der Waals surface area contributed by atoms with Crippen LogP contribution in [0.4, 0.5) is 11.4 Å². The van der Waals surface area contributed by atoms with Crippen LogP contribution in [-0.2, 0) is 4.74 Å². The highest BCUT2D eigenvalue weighted by molar-refractivity contribution is 7.21. The Kier molecular flexibility index (Phi) is 5.18. The number of benzene rings is 2. The lowest BCUT2D eigenvalue weighted by atomic mass is 10.2. The molecule has 0 aliphatic heterocycles. The molecule has 0 atom stereocenters. The van der Waals surface area contributed by atoms with Crippen molar-refractivity contribution in [2.75, 3.05) is 11.9 Å². The molecule has 0 saturated carbocycles. The first kappa shape index (κ1) is 19.0. The van der Waals surface area contributed by atoms with Crippen LogP contribution in [0.2, 0.25) is 0 Å². The Hall–Kier alpha value is -3.38. The van der Waals surface area contributed by atoms with Gasteiger partial charge in [0.25, 0.3) is 5.56 Å². The quantitative estimate of drug-likeness (QED) is 0.460. The van der Waals surface area contributed by atoms with E-state index in [1.165, 1.54) is 17.4 Å². The molecular weight excluding hydrogens is 384 g/mol. The van der Waals surface area contributed by atoms with Crippen LogP contribution in [0.3, 0.4) is 0 Å². The number of aryl methyl sites for hydroxylation is 1. The topological polar surface area (TPSA) is 60.3 Å². The minimum atomic E-state index is -0.407. The lowest BCUT2D eigenvalue weighted by Crippen LogP contribution is -2.16. The van der Waals surface area contributed by atoms with Gasteiger partial charge in [0, 0.05) is 17.1 Å². The Morgan fingerprint density at radius 3 is 2.59 bits per heavy atom. The maximum atomic E-state index is 12.7. The van der Waals surface area contributed by atoms with E-state index in [-0.39, 0.29) is 12.2 Å². The summed E-state index contributed by atoms with van der Waals surface area (Å²) in [6, 6.07) is 20.6. The number of thiophene rings is 1. The van der Waals surface area contributed by atoms with Crippen LogP contribution in [0.1, 0.15) is 22.2 Å². The van der Waals surface area contributed by atoms with E-state index in [1.807, 2.05) is 61.5 Å². The second-order valence-corrected chi connectivity index (χ2v) is 7.58. The summed E-state index contributed by atoms with van der Waals surface area (Å²) in [7, 11) is 0. The van der Waals surface area contributed by atoms with E-state index in [4.69, 9.17) is 4.74 Å². The van der Waals surface area contributed by atoms with Gasteiger partial charge in [0.15, 0.2) is 0 Å². The van der Waals surface area contributed by atoms with E-state index in [9.17, 15) is 9.59 Å². The van der Waals surface area contributed by atoms with Crippen molar-refractivity contribution in [3.8, 4) is 5.69 Å². The van der Waals surface area contributed by atoms with Crippen molar-refractivity contribution in [3.05, 3.63) is 87.5 Å². The third kappa shape index (κ3) is 3.67. The molecule has 4 aromatic rings. The number of nitrogens with zero attached hydrogens (tertiary/aromatic N) is 1. The number of carbonyl (C=O) groups excluding carboxylic acids is 1. The summed E-state index contributed by atoms with van der Waals surface area (Å²) in [6.07, 6.45) is 0. The Balaban J connectivity index is 1.96. The van der Waals surface area contributed by atoms with E-state index >= 15 is 0 Å². The number of esters is 1. The van der Waals surface area contributed by atoms with Crippen LogP contribution in [-0.4, -0.2) is 17.1 Å². The summed E-state index contributed by atoms with van der Waals surface area (Å²) in [5.74, 6) is -0.407. The van der Waals surface area contributed by atoms with Crippen molar-refractivity contribution in [3.63, 3.8) is 0 Å². The van der Waals surface area contributed by atoms with Crippen molar-refractivity contribution < 1.29 is 9.53 Å². The van der Waals surface area contributed by atoms with E-state index in [1.54, 1.807) is 17.6 Å². The summed E-state index contributed by atoms with van der Waals surface area (Å²) in [5, 5.41) is 4.16. The standard InChI is InChI=1S/C23H20N2O3S/c1-3-28-23(27)21-20(24-16-9-7-8-15(2)14-16)18-12-13-19(26)25(22(18)29-21)17-10-5-4-6-11-17/h4-14,24H,3H2,1-2H3. The molecule has 0 aliphatic rings. The summed E-state index contributed by atoms with van der Waals surface area (Å²) in [6.45, 7) is 4.07. The molecular formula is C23H20N2O3S. The number of ether oxygens (including phenoxy) is 1. The molecule has 146 valence electrons. The van der Waals surface area contributed by atoms with Crippen LogP contribution in [0.25, 0.3) is 15.9 Å². The van der Waals surface area contributed by atoms with E-state index in [2.05, 4.69) is 5.32 Å². The Morgan fingerprint density at radius 1 is 1.07 bits per heavy atom. The molecule has 4 rings (SSSR count). The third-order valence-corrected chi connectivity index (χ3v) is 5.67. The first-order chi connectivity index (χ1) is 14.1. The molecule has 0 unspecified atom stereocenters. The molecule has 0 spiro atoms. The maximum Gasteiger partial charge on any atom is 0.350 e. The molecule has 0 fully saturated rings. The molecule has 6 heteroatoms. The zero-order valence-electron chi connectivity index (χ0n) is 16.1. The van der Waals surface area contributed by atoms with Gasteiger partial charge < -0.3 is 10.1 Å². The zero-order valence-corrected chi connectivity index (χ0v) is 17.0. The lowest BCUT2D eigenvalue weighted by Gasteiger charge is -2.10. The summed E-state index contributed by atoms with van der Waals surface area (Å²) in [4.78, 5) is 26.5. The zero-order chi connectivity index (χ0) is 20.4. The summed E-state index contributed by atoms with van der Waals surface area (Å²) >= 11 is 1.26. The average Bonchev–Trinajstić information content (AvgIpc) is 3.07. The van der Waals surface area contributed by atoms with Gasteiger partial charge in [-0.3, -0.25) is 9.36 Å². The van der Waals surface area contributed by atoms with Gasteiger partial charge in [-0.15, -0.1) is 11.3 Å². The number of hydrogen-bond donors (Lipinski definition) is 1. The van der Waals surface area contributed by atoms with Crippen LogP contribution in [0.15, 0.2) is 71.5 Å². The monoisotopic (exact) mass is 404 g/mol. The molecule has 2 heterocycles. The van der Waals surface area contributed by atoms with Crippen LogP contribution < -0.4 is 10.9 Å². The van der Waals surface area contributed by atoms with Crippen LogP contribution in [0.5, 0.6) is 0 Å². The Morgan fingerprint density at radius 2 is 1.86 bits per heavy atom. The van der Waals surface area contributed by atoms with E-state index in [0.717, 1.165) is 22.3 Å². The smallest absolute Gasteiger partial charge is 0.350 e. The number of fused-ring (bicyclic) bond motifs is 1. The molecule has 0 radical (unpaired) electrons. The van der Waals surface area contributed by atoms with Crippen molar-refractivity contribution in [2.45, 2.75) is 13.8 Å². The van der Waals surface area contributed by atoms with E-state index < -0.39 is 5.97 Å². The largest absolute Gasteiger partial charge is 0.462 e. The number of hydrogen-bond acceptors (Lipinski definition) is 5. The van der Waals surface area contributed by atoms with Crippen molar-refractivity contribution in [1.29, 1.82) is 0 Å².